The fourth-order valence-corrected chi connectivity index (χ4v) is 2.83. The van der Waals surface area contributed by atoms with Gasteiger partial charge in [-0.1, -0.05) is 35.0 Å². The zero-order chi connectivity index (χ0) is 14.7. The van der Waals surface area contributed by atoms with Crippen molar-refractivity contribution in [3.63, 3.8) is 0 Å². The molecule has 0 spiro atoms. The number of hydrogen-bond donors (Lipinski definition) is 0. The highest BCUT2D eigenvalue weighted by Crippen LogP contribution is 2.27. The molecule has 1 saturated heterocycles. The minimum absolute atomic E-state index is 0.0720. The zero-order valence-electron chi connectivity index (χ0n) is 11.1. The first-order valence-electron chi connectivity index (χ1n) is 6.46. The molecular formula is C14H16BrF2NO2. The molecule has 3 nitrogen and oxygen atoms in total. The molecule has 0 N–H and O–H groups in total. The van der Waals surface area contributed by atoms with Crippen molar-refractivity contribution in [3.05, 3.63) is 29.8 Å². The van der Waals surface area contributed by atoms with E-state index in [1.54, 1.807) is 17.0 Å². The number of carbonyl (C=O) groups is 1. The van der Waals surface area contributed by atoms with E-state index in [0.717, 1.165) is 6.42 Å². The predicted octanol–water partition coefficient (Wildman–Crippen LogP) is 3.53. The van der Waals surface area contributed by atoms with Crippen molar-refractivity contribution in [2.75, 3.05) is 13.1 Å². The number of carbonyl (C=O) groups excluding carboxylic acids is 1. The number of likely N-dealkylation sites (tertiary alicyclic amines) is 1. The number of amides is 1. The molecule has 0 bridgehead atoms. The number of benzene rings is 1. The lowest BCUT2D eigenvalue weighted by molar-refractivity contribution is -0.0503. The van der Waals surface area contributed by atoms with Crippen molar-refractivity contribution in [2.24, 2.45) is 5.92 Å². The molecule has 1 aliphatic rings. The Morgan fingerprint density at radius 1 is 1.45 bits per heavy atom. The highest BCUT2D eigenvalue weighted by Gasteiger charge is 2.29. The van der Waals surface area contributed by atoms with Crippen LogP contribution in [-0.2, 0) is 0 Å². The Morgan fingerprint density at radius 2 is 2.15 bits per heavy atom. The van der Waals surface area contributed by atoms with Crippen molar-refractivity contribution in [3.8, 4) is 5.75 Å². The highest BCUT2D eigenvalue weighted by molar-refractivity contribution is 9.09. The number of rotatable bonds is 3. The molecule has 1 aromatic carbocycles. The van der Waals surface area contributed by atoms with Gasteiger partial charge in [0.1, 0.15) is 5.75 Å². The Kier molecular flexibility index (Phi) is 4.96. The van der Waals surface area contributed by atoms with Crippen LogP contribution in [-0.4, -0.2) is 35.3 Å². The fraction of sp³-hybridized carbons (Fsp3) is 0.500. The molecule has 0 aliphatic carbocycles. The lowest BCUT2D eigenvalue weighted by Gasteiger charge is -2.34. The van der Waals surface area contributed by atoms with Crippen molar-refractivity contribution < 1.29 is 18.3 Å². The van der Waals surface area contributed by atoms with Gasteiger partial charge in [-0.3, -0.25) is 4.79 Å². The number of para-hydroxylation sites is 1. The van der Waals surface area contributed by atoms with Gasteiger partial charge in [-0.15, -0.1) is 0 Å². The quantitative estimate of drug-likeness (QED) is 0.782. The largest absolute Gasteiger partial charge is 0.434 e. The first kappa shape index (κ1) is 15.2. The van der Waals surface area contributed by atoms with Crippen LogP contribution in [0.2, 0.25) is 0 Å². The normalized spacial score (nSPS) is 22.9. The van der Waals surface area contributed by atoms with Crippen molar-refractivity contribution in [1.82, 2.24) is 4.90 Å². The number of nitrogens with zero attached hydrogens (tertiary/aromatic N) is 1. The SMILES string of the molecule is CC1CCN(C(=O)c2ccccc2OC(F)F)CC1Br. The number of ether oxygens (including phenoxy) is 1. The lowest BCUT2D eigenvalue weighted by Crippen LogP contribution is -2.43. The van der Waals surface area contributed by atoms with Crippen LogP contribution in [0.3, 0.4) is 0 Å². The molecule has 2 rings (SSSR count). The van der Waals surface area contributed by atoms with E-state index in [2.05, 4.69) is 27.6 Å². The van der Waals surface area contributed by atoms with Gasteiger partial charge < -0.3 is 9.64 Å². The van der Waals surface area contributed by atoms with Crippen LogP contribution in [0.1, 0.15) is 23.7 Å². The molecule has 110 valence electrons. The molecule has 1 aromatic rings. The molecular weight excluding hydrogens is 332 g/mol. The van der Waals surface area contributed by atoms with E-state index in [-0.39, 0.29) is 22.0 Å². The minimum atomic E-state index is -2.94. The molecule has 0 aromatic heterocycles. The highest BCUT2D eigenvalue weighted by atomic mass is 79.9. The molecule has 2 atom stereocenters. The maximum atomic E-state index is 12.4. The number of piperidine rings is 1. The van der Waals surface area contributed by atoms with Crippen molar-refractivity contribution in [2.45, 2.75) is 24.8 Å². The average Bonchev–Trinajstić information content (AvgIpc) is 2.41. The van der Waals surface area contributed by atoms with Crippen LogP contribution in [0.25, 0.3) is 0 Å². The summed E-state index contributed by atoms with van der Waals surface area (Å²) in [6.45, 7) is 0.387. The summed E-state index contributed by atoms with van der Waals surface area (Å²) in [6.07, 6.45) is 0.888. The maximum absolute atomic E-state index is 12.4. The van der Waals surface area contributed by atoms with Gasteiger partial charge in [0.15, 0.2) is 0 Å². The van der Waals surface area contributed by atoms with Gasteiger partial charge in [-0.2, -0.15) is 8.78 Å². The van der Waals surface area contributed by atoms with Crippen LogP contribution >= 0.6 is 15.9 Å². The fourth-order valence-electron chi connectivity index (χ4n) is 2.22. The second-order valence-corrected chi connectivity index (χ2v) is 6.08. The summed E-state index contributed by atoms with van der Waals surface area (Å²) in [5.41, 5.74) is 0.182. The van der Waals surface area contributed by atoms with Crippen LogP contribution in [0.15, 0.2) is 24.3 Å². The molecule has 2 unspecified atom stereocenters. The van der Waals surface area contributed by atoms with Crippen LogP contribution in [0.4, 0.5) is 8.78 Å². The molecule has 0 saturated carbocycles. The van der Waals surface area contributed by atoms with Crippen molar-refractivity contribution in [1.29, 1.82) is 0 Å². The van der Waals surface area contributed by atoms with Crippen molar-refractivity contribution >= 4 is 21.8 Å². The monoisotopic (exact) mass is 347 g/mol. The molecule has 0 radical (unpaired) electrons. The van der Waals surface area contributed by atoms with Gasteiger partial charge in [0.2, 0.25) is 0 Å². The van der Waals surface area contributed by atoms with Gasteiger partial charge in [0, 0.05) is 17.9 Å². The summed E-state index contributed by atoms with van der Waals surface area (Å²) in [5.74, 6) is 0.154. The molecule has 6 heteroatoms. The third-order valence-electron chi connectivity index (χ3n) is 3.49. The van der Waals surface area contributed by atoms with Gasteiger partial charge >= 0.3 is 6.61 Å². The second kappa shape index (κ2) is 6.52. The Hall–Kier alpha value is -1.17. The topological polar surface area (TPSA) is 29.5 Å². The average molecular weight is 348 g/mol. The van der Waals surface area contributed by atoms with Crippen LogP contribution in [0.5, 0.6) is 5.75 Å². The number of halogens is 3. The van der Waals surface area contributed by atoms with Gasteiger partial charge in [-0.25, -0.2) is 0 Å². The smallest absolute Gasteiger partial charge is 0.387 e. The maximum Gasteiger partial charge on any atom is 0.387 e. The summed E-state index contributed by atoms with van der Waals surface area (Å²) in [5, 5.41) is 0. The first-order chi connectivity index (χ1) is 9.49. The van der Waals surface area contributed by atoms with E-state index >= 15 is 0 Å². The van der Waals surface area contributed by atoms with E-state index < -0.39 is 6.61 Å². The van der Waals surface area contributed by atoms with Crippen LogP contribution < -0.4 is 4.74 Å². The summed E-state index contributed by atoms with van der Waals surface area (Å²) in [6, 6.07) is 6.11. The first-order valence-corrected chi connectivity index (χ1v) is 7.37. The molecule has 1 amide bonds. The van der Waals surface area contributed by atoms with E-state index in [4.69, 9.17) is 0 Å². The predicted molar refractivity (Wildman–Crippen MR) is 75.5 cm³/mol. The molecule has 1 fully saturated rings. The zero-order valence-corrected chi connectivity index (χ0v) is 12.6. The summed E-state index contributed by atoms with van der Waals surface area (Å²) < 4.78 is 29.1. The van der Waals surface area contributed by atoms with E-state index in [0.29, 0.717) is 19.0 Å². The Bertz CT molecular complexity index is 484. The second-order valence-electron chi connectivity index (χ2n) is 4.91. The standard InChI is InChI=1S/C14H16BrF2NO2/c1-9-6-7-18(8-11(9)15)13(19)10-4-2-3-5-12(10)20-14(16)17/h2-5,9,11,14H,6-8H2,1H3. The van der Waals surface area contributed by atoms with Crippen LogP contribution in [0, 0.1) is 5.92 Å². The lowest BCUT2D eigenvalue weighted by atomic mass is 9.98. The third kappa shape index (κ3) is 3.48. The summed E-state index contributed by atoms with van der Waals surface area (Å²) >= 11 is 3.55. The van der Waals surface area contributed by atoms with E-state index in [9.17, 15) is 13.6 Å². The Balaban J connectivity index is 2.17. The van der Waals surface area contributed by atoms with Gasteiger partial charge in [0.05, 0.1) is 5.56 Å². The summed E-state index contributed by atoms with van der Waals surface area (Å²) in [7, 11) is 0. The van der Waals surface area contributed by atoms with E-state index in [1.807, 2.05) is 0 Å². The molecule has 20 heavy (non-hydrogen) atoms. The van der Waals surface area contributed by atoms with Gasteiger partial charge in [-0.05, 0) is 24.5 Å². The minimum Gasteiger partial charge on any atom is -0.434 e. The number of alkyl halides is 3. The molecule has 1 aliphatic heterocycles. The van der Waals surface area contributed by atoms with Gasteiger partial charge in [0.25, 0.3) is 5.91 Å². The Morgan fingerprint density at radius 3 is 2.80 bits per heavy atom. The Labute approximate surface area is 125 Å². The van der Waals surface area contributed by atoms with E-state index in [1.165, 1.54) is 12.1 Å². The summed E-state index contributed by atoms with van der Waals surface area (Å²) in [4.78, 5) is 14.3. The third-order valence-corrected chi connectivity index (χ3v) is 4.68. The molecule has 1 heterocycles. The number of hydrogen-bond acceptors (Lipinski definition) is 2.